The monoisotopic (exact) mass is 292 g/mol. The zero-order valence-corrected chi connectivity index (χ0v) is 13.5. The van der Waals surface area contributed by atoms with Gasteiger partial charge in [0.05, 0.1) is 6.42 Å². The first-order valence-electron chi connectivity index (χ1n) is 8.02. The zero-order valence-electron chi connectivity index (χ0n) is 13.5. The molecule has 0 aliphatic carbocycles. The van der Waals surface area contributed by atoms with E-state index >= 15 is 0 Å². The third-order valence-electron chi connectivity index (χ3n) is 3.68. The van der Waals surface area contributed by atoms with E-state index in [1.165, 1.54) is 31.2 Å². The molecule has 1 aromatic carbocycles. The van der Waals surface area contributed by atoms with Gasteiger partial charge in [-0.25, -0.2) is 0 Å². The highest BCUT2D eigenvalue weighted by atomic mass is 16.5. The van der Waals surface area contributed by atoms with Gasteiger partial charge in [-0.3, -0.25) is 4.79 Å². The summed E-state index contributed by atoms with van der Waals surface area (Å²) in [7, 11) is 0. The van der Waals surface area contributed by atoms with Gasteiger partial charge in [0.15, 0.2) is 0 Å². The van der Waals surface area contributed by atoms with Gasteiger partial charge in [-0.1, -0.05) is 45.7 Å². The molecule has 0 saturated carbocycles. The quantitative estimate of drug-likeness (QED) is 0.545. The molecule has 0 amide bonds. The van der Waals surface area contributed by atoms with E-state index in [0.29, 0.717) is 11.7 Å². The number of carbonyl (C=O) groups excluding carboxylic acids is 1. The predicted molar refractivity (Wildman–Crippen MR) is 85.5 cm³/mol. The number of hydrogen-bond acceptors (Lipinski definition) is 3. The maximum atomic E-state index is 11.7. The SMILES string of the molecule is CCCC(CCC)c1ccc(OC(=O)C[C@H](C)CO)cc1. The number of hydrogen-bond donors (Lipinski definition) is 1. The minimum atomic E-state index is -0.289. The fourth-order valence-electron chi connectivity index (χ4n) is 2.50. The molecule has 0 radical (unpaired) electrons. The Morgan fingerprint density at radius 2 is 1.71 bits per heavy atom. The molecule has 0 unspecified atom stereocenters. The third-order valence-corrected chi connectivity index (χ3v) is 3.68. The molecule has 1 atom stereocenters. The Kier molecular flexibility index (Phi) is 8.06. The maximum Gasteiger partial charge on any atom is 0.311 e. The zero-order chi connectivity index (χ0) is 15.7. The van der Waals surface area contributed by atoms with Crippen molar-refractivity contribution in [3.05, 3.63) is 29.8 Å². The molecule has 0 bridgehead atoms. The van der Waals surface area contributed by atoms with Crippen molar-refractivity contribution < 1.29 is 14.6 Å². The third kappa shape index (κ3) is 6.30. The molecule has 0 aromatic heterocycles. The van der Waals surface area contributed by atoms with Crippen LogP contribution in [0.3, 0.4) is 0 Å². The summed E-state index contributed by atoms with van der Waals surface area (Å²) in [6, 6.07) is 7.87. The molecule has 0 heterocycles. The van der Waals surface area contributed by atoms with Crippen molar-refractivity contribution in [2.75, 3.05) is 6.61 Å². The minimum absolute atomic E-state index is 0.00372. The predicted octanol–water partition coefficient (Wildman–Crippen LogP) is 4.29. The first kappa shape index (κ1) is 17.7. The van der Waals surface area contributed by atoms with Crippen LogP contribution in [0.4, 0.5) is 0 Å². The molecule has 0 spiro atoms. The Labute approximate surface area is 128 Å². The second-order valence-corrected chi connectivity index (χ2v) is 5.81. The molecule has 1 rings (SSSR count). The average molecular weight is 292 g/mol. The van der Waals surface area contributed by atoms with Crippen molar-refractivity contribution in [1.29, 1.82) is 0 Å². The van der Waals surface area contributed by atoms with Gasteiger partial charge in [0, 0.05) is 6.61 Å². The van der Waals surface area contributed by atoms with Crippen LogP contribution in [-0.4, -0.2) is 17.7 Å². The summed E-state index contributed by atoms with van der Waals surface area (Å²) in [5.41, 5.74) is 1.32. The molecule has 3 heteroatoms. The molecule has 21 heavy (non-hydrogen) atoms. The molecule has 0 aliphatic rings. The minimum Gasteiger partial charge on any atom is -0.427 e. The second-order valence-electron chi connectivity index (χ2n) is 5.81. The van der Waals surface area contributed by atoms with Crippen molar-refractivity contribution in [3.63, 3.8) is 0 Å². The number of esters is 1. The molecular weight excluding hydrogens is 264 g/mol. The molecular formula is C18H28O3. The van der Waals surface area contributed by atoms with Crippen LogP contribution in [0, 0.1) is 5.92 Å². The van der Waals surface area contributed by atoms with Crippen LogP contribution in [0.1, 0.15) is 64.4 Å². The van der Waals surface area contributed by atoms with E-state index in [2.05, 4.69) is 26.0 Å². The summed E-state index contributed by atoms with van der Waals surface area (Å²) in [5, 5.41) is 8.94. The molecule has 0 aliphatic heterocycles. The van der Waals surface area contributed by atoms with E-state index in [1.807, 2.05) is 19.1 Å². The molecule has 118 valence electrons. The number of aliphatic hydroxyl groups is 1. The van der Waals surface area contributed by atoms with Gasteiger partial charge in [-0.2, -0.15) is 0 Å². The lowest BCUT2D eigenvalue weighted by Gasteiger charge is -2.16. The van der Waals surface area contributed by atoms with Crippen LogP contribution in [-0.2, 0) is 4.79 Å². The number of benzene rings is 1. The Hall–Kier alpha value is -1.35. The van der Waals surface area contributed by atoms with Crippen LogP contribution < -0.4 is 4.74 Å². The smallest absolute Gasteiger partial charge is 0.311 e. The average Bonchev–Trinajstić information content (AvgIpc) is 2.47. The standard InChI is InChI=1S/C18H28O3/c1-4-6-15(7-5-2)16-8-10-17(11-9-16)21-18(20)12-14(3)13-19/h8-11,14-15,19H,4-7,12-13H2,1-3H3/t14-/m0/s1. The largest absolute Gasteiger partial charge is 0.427 e. The van der Waals surface area contributed by atoms with Gasteiger partial charge in [-0.05, 0) is 42.4 Å². The van der Waals surface area contributed by atoms with E-state index < -0.39 is 0 Å². The van der Waals surface area contributed by atoms with Crippen LogP contribution in [0.5, 0.6) is 5.75 Å². The molecule has 3 nitrogen and oxygen atoms in total. The van der Waals surface area contributed by atoms with E-state index in [-0.39, 0.29) is 24.9 Å². The van der Waals surface area contributed by atoms with Gasteiger partial charge < -0.3 is 9.84 Å². The van der Waals surface area contributed by atoms with Crippen molar-refractivity contribution in [1.82, 2.24) is 0 Å². The van der Waals surface area contributed by atoms with E-state index in [0.717, 1.165) is 0 Å². The summed E-state index contributed by atoms with van der Waals surface area (Å²) < 4.78 is 5.29. The van der Waals surface area contributed by atoms with Gasteiger partial charge in [0.1, 0.15) is 5.75 Å². The Bertz CT molecular complexity index is 405. The van der Waals surface area contributed by atoms with Gasteiger partial charge in [0.2, 0.25) is 0 Å². The van der Waals surface area contributed by atoms with E-state index in [4.69, 9.17) is 9.84 Å². The number of carbonyl (C=O) groups is 1. The molecule has 0 saturated heterocycles. The summed E-state index contributed by atoms with van der Waals surface area (Å²) in [4.78, 5) is 11.7. The Balaban J connectivity index is 2.62. The fraction of sp³-hybridized carbons (Fsp3) is 0.611. The van der Waals surface area contributed by atoms with E-state index in [9.17, 15) is 4.79 Å². The normalized spacial score (nSPS) is 12.4. The first-order valence-corrected chi connectivity index (χ1v) is 8.02. The van der Waals surface area contributed by atoms with Crippen molar-refractivity contribution >= 4 is 5.97 Å². The summed E-state index contributed by atoms with van der Waals surface area (Å²) in [6.07, 6.45) is 5.00. The highest BCUT2D eigenvalue weighted by Crippen LogP contribution is 2.27. The van der Waals surface area contributed by atoms with Gasteiger partial charge >= 0.3 is 5.97 Å². The topological polar surface area (TPSA) is 46.5 Å². The van der Waals surface area contributed by atoms with Crippen LogP contribution in [0.25, 0.3) is 0 Å². The first-order chi connectivity index (χ1) is 10.1. The highest BCUT2D eigenvalue weighted by Gasteiger charge is 2.12. The van der Waals surface area contributed by atoms with Crippen molar-refractivity contribution in [2.45, 2.75) is 58.8 Å². The molecule has 1 N–H and O–H groups in total. The summed E-state index contributed by atoms with van der Waals surface area (Å²) in [6.45, 7) is 6.25. The Morgan fingerprint density at radius 1 is 1.14 bits per heavy atom. The highest BCUT2D eigenvalue weighted by molar-refractivity contribution is 5.72. The lowest BCUT2D eigenvalue weighted by Crippen LogP contribution is -2.14. The lowest BCUT2D eigenvalue weighted by molar-refractivity contribution is -0.135. The molecule has 0 fully saturated rings. The van der Waals surface area contributed by atoms with Crippen molar-refractivity contribution in [2.24, 2.45) is 5.92 Å². The van der Waals surface area contributed by atoms with Crippen LogP contribution >= 0.6 is 0 Å². The van der Waals surface area contributed by atoms with Gasteiger partial charge in [0.25, 0.3) is 0 Å². The fourth-order valence-corrected chi connectivity index (χ4v) is 2.50. The summed E-state index contributed by atoms with van der Waals surface area (Å²) >= 11 is 0. The maximum absolute atomic E-state index is 11.7. The van der Waals surface area contributed by atoms with Crippen LogP contribution in [0.15, 0.2) is 24.3 Å². The summed E-state index contributed by atoms with van der Waals surface area (Å²) in [5.74, 6) is 0.832. The number of rotatable bonds is 9. The van der Waals surface area contributed by atoms with Crippen LogP contribution in [0.2, 0.25) is 0 Å². The van der Waals surface area contributed by atoms with E-state index in [1.54, 1.807) is 0 Å². The number of aliphatic hydroxyl groups excluding tert-OH is 1. The number of ether oxygens (including phenoxy) is 1. The van der Waals surface area contributed by atoms with Crippen molar-refractivity contribution in [3.8, 4) is 5.75 Å². The molecule has 1 aromatic rings. The van der Waals surface area contributed by atoms with Gasteiger partial charge in [-0.15, -0.1) is 0 Å². The lowest BCUT2D eigenvalue weighted by atomic mass is 9.90. The second kappa shape index (κ2) is 9.56. The Morgan fingerprint density at radius 3 is 2.19 bits per heavy atom.